The van der Waals surface area contributed by atoms with Crippen LogP contribution in [0.4, 0.5) is 4.39 Å². The SMILES string of the molecule is C=C(C)CCC(NN)c1ccccc1F. The molecule has 0 saturated heterocycles. The first-order valence-electron chi connectivity index (χ1n) is 5.00. The minimum atomic E-state index is -0.220. The lowest BCUT2D eigenvalue weighted by atomic mass is 10.00. The van der Waals surface area contributed by atoms with Gasteiger partial charge in [0.2, 0.25) is 0 Å². The maximum atomic E-state index is 13.4. The largest absolute Gasteiger partial charge is 0.271 e. The highest BCUT2D eigenvalue weighted by Crippen LogP contribution is 2.21. The van der Waals surface area contributed by atoms with E-state index in [4.69, 9.17) is 5.84 Å². The molecule has 0 aliphatic heterocycles. The van der Waals surface area contributed by atoms with Crippen LogP contribution < -0.4 is 11.3 Å². The van der Waals surface area contributed by atoms with Crippen molar-refractivity contribution in [3.8, 4) is 0 Å². The van der Waals surface area contributed by atoms with Crippen molar-refractivity contribution in [2.24, 2.45) is 5.84 Å². The molecule has 3 heteroatoms. The molecule has 1 atom stereocenters. The van der Waals surface area contributed by atoms with Gasteiger partial charge in [-0.15, -0.1) is 6.58 Å². The zero-order chi connectivity index (χ0) is 11.3. The average Bonchev–Trinajstić information content (AvgIpc) is 2.21. The summed E-state index contributed by atoms with van der Waals surface area (Å²) < 4.78 is 13.4. The van der Waals surface area contributed by atoms with Gasteiger partial charge >= 0.3 is 0 Å². The highest BCUT2D eigenvalue weighted by atomic mass is 19.1. The number of allylic oxidation sites excluding steroid dienone is 1. The van der Waals surface area contributed by atoms with Gasteiger partial charge in [0.1, 0.15) is 5.82 Å². The van der Waals surface area contributed by atoms with Gasteiger partial charge in [0.25, 0.3) is 0 Å². The molecule has 0 saturated carbocycles. The number of nitrogens with one attached hydrogen (secondary N) is 1. The van der Waals surface area contributed by atoms with Crippen LogP contribution in [0.5, 0.6) is 0 Å². The normalized spacial score (nSPS) is 12.5. The molecular formula is C12H17FN2. The first-order valence-corrected chi connectivity index (χ1v) is 5.00. The Morgan fingerprint density at radius 1 is 1.53 bits per heavy atom. The number of benzene rings is 1. The van der Waals surface area contributed by atoms with Gasteiger partial charge in [-0.05, 0) is 25.8 Å². The van der Waals surface area contributed by atoms with Gasteiger partial charge in [-0.2, -0.15) is 0 Å². The number of nitrogens with two attached hydrogens (primary N) is 1. The molecule has 1 aromatic rings. The van der Waals surface area contributed by atoms with Crippen LogP contribution in [0.2, 0.25) is 0 Å². The summed E-state index contributed by atoms with van der Waals surface area (Å²) in [6, 6.07) is 6.52. The molecule has 3 N–H and O–H groups in total. The third kappa shape index (κ3) is 3.46. The molecular weight excluding hydrogens is 191 g/mol. The average molecular weight is 208 g/mol. The lowest BCUT2D eigenvalue weighted by molar-refractivity contribution is 0.485. The smallest absolute Gasteiger partial charge is 0.128 e. The molecule has 0 aliphatic rings. The molecule has 82 valence electrons. The van der Waals surface area contributed by atoms with E-state index >= 15 is 0 Å². The summed E-state index contributed by atoms with van der Waals surface area (Å²) in [5.74, 6) is 5.19. The predicted octanol–water partition coefficient (Wildman–Crippen LogP) is 2.69. The highest BCUT2D eigenvalue weighted by molar-refractivity contribution is 5.21. The highest BCUT2D eigenvalue weighted by Gasteiger charge is 2.13. The van der Waals surface area contributed by atoms with E-state index in [0.717, 1.165) is 18.4 Å². The van der Waals surface area contributed by atoms with Crippen molar-refractivity contribution < 1.29 is 4.39 Å². The van der Waals surface area contributed by atoms with Crippen LogP contribution in [0.1, 0.15) is 31.4 Å². The van der Waals surface area contributed by atoms with Gasteiger partial charge < -0.3 is 0 Å². The van der Waals surface area contributed by atoms with Crippen molar-refractivity contribution in [1.82, 2.24) is 5.43 Å². The van der Waals surface area contributed by atoms with Crippen LogP contribution in [-0.2, 0) is 0 Å². The second kappa shape index (κ2) is 5.63. The van der Waals surface area contributed by atoms with Gasteiger partial charge in [-0.3, -0.25) is 11.3 Å². The van der Waals surface area contributed by atoms with Gasteiger partial charge in [0, 0.05) is 11.6 Å². The Hall–Kier alpha value is -1.19. The number of hydrazine groups is 1. The summed E-state index contributed by atoms with van der Waals surface area (Å²) in [6.45, 7) is 5.77. The predicted molar refractivity (Wildman–Crippen MR) is 60.5 cm³/mol. The minimum absolute atomic E-state index is 0.150. The lowest BCUT2D eigenvalue weighted by Crippen LogP contribution is -2.28. The Morgan fingerprint density at radius 3 is 2.73 bits per heavy atom. The third-order valence-electron chi connectivity index (χ3n) is 2.34. The minimum Gasteiger partial charge on any atom is -0.271 e. The van der Waals surface area contributed by atoms with Crippen molar-refractivity contribution >= 4 is 0 Å². The Bertz CT molecular complexity index is 336. The van der Waals surface area contributed by atoms with E-state index in [1.54, 1.807) is 12.1 Å². The van der Waals surface area contributed by atoms with Crippen molar-refractivity contribution in [3.05, 3.63) is 47.8 Å². The van der Waals surface area contributed by atoms with Gasteiger partial charge in [-0.25, -0.2) is 4.39 Å². The third-order valence-corrected chi connectivity index (χ3v) is 2.34. The molecule has 0 radical (unpaired) electrons. The first-order chi connectivity index (χ1) is 7.15. The van der Waals surface area contributed by atoms with Crippen LogP contribution >= 0.6 is 0 Å². The topological polar surface area (TPSA) is 38.0 Å². The molecule has 0 heterocycles. The Kier molecular flexibility index (Phi) is 4.46. The Balaban J connectivity index is 2.74. The zero-order valence-corrected chi connectivity index (χ0v) is 8.96. The molecule has 0 spiro atoms. The van der Waals surface area contributed by atoms with E-state index in [-0.39, 0.29) is 11.9 Å². The van der Waals surface area contributed by atoms with Crippen LogP contribution in [0.15, 0.2) is 36.4 Å². The summed E-state index contributed by atoms with van der Waals surface area (Å²) in [6.07, 6.45) is 1.59. The first kappa shape index (κ1) is 11.9. The maximum absolute atomic E-state index is 13.4. The monoisotopic (exact) mass is 208 g/mol. The summed E-state index contributed by atoms with van der Waals surface area (Å²) in [5, 5.41) is 0. The number of hydrogen-bond donors (Lipinski definition) is 2. The van der Waals surface area contributed by atoms with Crippen LogP contribution in [-0.4, -0.2) is 0 Å². The molecule has 0 amide bonds. The van der Waals surface area contributed by atoms with Crippen molar-refractivity contribution in [2.45, 2.75) is 25.8 Å². The fourth-order valence-corrected chi connectivity index (χ4v) is 1.48. The number of halogens is 1. The molecule has 0 aliphatic carbocycles. The molecule has 1 aromatic carbocycles. The quantitative estimate of drug-likeness (QED) is 0.443. The van der Waals surface area contributed by atoms with Crippen LogP contribution in [0.25, 0.3) is 0 Å². The summed E-state index contributed by atoms with van der Waals surface area (Å²) in [7, 11) is 0. The van der Waals surface area contributed by atoms with Crippen LogP contribution in [0.3, 0.4) is 0 Å². The Morgan fingerprint density at radius 2 is 2.20 bits per heavy atom. The summed E-state index contributed by atoms with van der Waals surface area (Å²) in [5.41, 5.74) is 4.32. The summed E-state index contributed by atoms with van der Waals surface area (Å²) >= 11 is 0. The second-order valence-corrected chi connectivity index (χ2v) is 3.74. The fraction of sp³-hybridized carbons (Fsp3) is 0.333. The van der Waals surface area contributed by atoms with Gasteiger partial charge in [0.05, 0.1) is 0 Å². The maximum Gasteiger partial charge on any atom is 0.128 e. The number of rotatable bonds is 5. The van der Waals surface area contributed by atoms with E-state index in [1.807, 2.05) is 13.0 Å². The molecule has 0 aromatic heterocycles. The molecule has 2 nitrogen and oxygen atoms in total. The van der Waals surface area contributed by atoms with E-state index in [2.05, 4.69) is 12.0 Å². The van der Waals surface area contributed by atoms with Crippen LogP contribution in [0, 0.1) is 5.82 Å². The van der Waals surface area contributed by atoms with E-state index in [1.165, 1.54) is 6.07 Å². The lowest BCUT2D eigenvalue weighted by Gasteiger charge is -2.16. The van der Waals surface area contributed by atoms with E-state index < -0.39 is 0 Å². The van der Waals surface area contributed by atoms with Gasteiger partial charge in [0.15, 0.2) is 0 Å². The molecule has 1 rings (SSSR count). The summed E-state index contributed by atoms with van der Waals surface area (Å²) in [4.78, 5) is 0. The second-order valence-electron chi connectivity index (χ2n) is 3.74. The zero-order valence-electron chi connectivity index (χ0n) is 8.96. The number of hydrogen-bond acceptors (Lipinski definition) is 2. The van der Waals surface area contributed by atoms with Crippen molar-refractivity contribution in [1.29, 1.82) is 0 Å². The van der Waals surface area contributed by atoms with Gasteiger partial charge in [-0.1, -0.05) is 23.8 Å². The molecule has 15 heavy (non-hydrogen) atoms. The van der Waals surface area contributed by atoms with E-state index in [9.17, 15) is 4.39 Å². The molecule has 0 bridgehead atoms. The molecule has 0 fully saturated rings. The standard InChI is InChI=1S/C12H17FN2/c1-9(2)7-8-12(15-14)10-5-3-4-6-11(10)13/h3-6,12,15H,1,7-8,14H2,2H3. The molecule has 1 unspecified atom stereocenters. The Labute approximate surface area is 90.0 Å². The van der Waals surface area contributed by atoms with Crippen molar-refractivity contribution in [3.63, 3.8) is 0 Å². The van der Waals surface area contributed by atoms with E-state index in [0.29, 0.717) is 5.56 Å². The fourth-order valence-electron chi connectivity index (χ4n) is 1.48. The van der Waals surface area contributed by atoms with Crippen molar-refractivity contribution in [2.75, 3.05) is 0 Å².